The summed E-state index contributed by atoms with van der Waals surface area (Å²) in [5.74, 6) is -1.17. The van der Waals surface area contributed by atoms with E-state index >= 15 is 0 Å². The number of aliphatic carboxylic acids is 1. The van der Waals surface area contributed by atoms with E-state index in [1.54, 1.807) is 65.7 Å². The maximum atomic E-state index is 12.8. The van der Waals surface area contributed by atoms with Crippen molar-refractivity contribution in [1.82, 2.24) is 9.88 Å². The Morgan fingerprint density at radius 1 is 0.925 bits per heavy atom. The molecule has 1 fully saturated rings. The highest BCUT2D eigenvalue weighted by Crippen LogP contribution is 2.23. The summed E-state index contributed by atoms with van der Waals surface area (Å²) in [5.41, 5.74) is 13.1. The van der Waals surface area contributed by atoms with Crippen molar-refractivity contribution in [3.05, 3.63) is 95.6 Å². The number of primary amides is 1. The molecule has 3 aromatic carbocycles. The monoisotopic (exact) mass is 560 g/mol. The third-order valence-electron chi connectivity index (χ3n) is 6.41. The molecule has 1 aliphatic heterocycles. The molecule has 0 aliphatic carbocycles. The van der Waals surface area contributed by atoms with Crippen LogP contribution in [0.4, 0.5) is 22.0 Å². The summed E-state index contributed by atoms with van der Waals surface area (Å²) in [5, 5.41) is 11.4. The third-order valence-corrected chi connectivity index (χ3v) is 6.65. The Balaban J connectivity index is 0.000000201. The highest BCUT2D eigenvalue weighted by atomic mass is 35.5. The number of nitrogens with zero attached hydrogens (tertiary/aromatic N) is 4. The predicted octanol–water partition coefficient (Wildman–Crippen LogP) is 4.09. The van der Waals surface area contributed by atoms with Crippen LogP contribution in [0.25, 0.3) is 10.8 Å². The number of nitrogens with two attached hydrogens (primary N) is 2. The molecular formula is C29H29ClN6O4. The van der Waals surface area contributed by atoms with E-state index in [2.05, 4.69) is 9.88 Å². The minimum atomic E-state index is -1.09. The van der Waals surface area contributed by atoms with Crippen molar-refractivity contribution in [2.24, 2.45) is 5.73 Å². The highest BCUT2D eigenvalue weighted by molar-refractivity contribution is 6.30. The fourth-order valence-corrected chi connectivity index (χ4v) is 4.55. The number of carboxylic acid groups (broad SMARTS) is 1. The first-order valence-corrected chi connectivity index (χ1v) is 12.9. The molecule has 0 radical (unpaired) electrons. The van der Waals surface area contributed by atoms with Crippen LogP contribution in [0.15, 0.2) is 85.1 Å². The summed E-state index contributed by atoms with van der Waals surface area (Å²) < 4.78 is 0. The summed E-state index contributed by atoms with van der Waals surface area (Å²) in [7, 11) is 0. The lowest BCUT2D eigenvalue weighted by molar-refractivity contribution is -0.135. The van der Waals surface area contributed by atoms with Crippen LogP contribution in [0.2, 0.25) is 5.02 Å². The predicted molar refractivity (Wildman–Crippen MR) is 157 cm³/mol. The molecule has 10 nitrogen and oxygen atoms in total. The second-order valence-electron chi connectivity index (χ2n) is 9.04. The van der Waals surface area contributed by atoms with Gasteiger partial charge in [0.15, 0.2) is 0 Å². The van der Waals surface area contributed by atoms with E-state index in [1.165, 1.54) is 4.90 Å². The maximum Gasteiger partial charge on any atom is 0.323 e. The lowest BCUT2D eigenvalue weighted by Crippen LogP contribution is -2.50. The van der Waals surface area contributed by atoms with E-state index in [4.69, 9.17) is 28.2 Å². The highest BCUT2D eigenvalue weighted by Gasteiger charge is 2.21. The first kappa shape index (κ1) is 28.2. The van der Waals surface area contributed by atoms with Crippen LogP contribution >= 0.6 is 11.6 Å². The molecule has 206 valence electrons. The molecule has 0 unspecified atom stereocenters. The van der Waals surface area contributed by atoms with Gasteiger partial charge in [-0.15, -0.1) is 0 Å². The van der Waals surface area contributed by atoms with Crippen molar-refractivity contribution >= 4 is 57.5 Å². The van der Waals surface area contributed by atoms with Gasteiger partial charge in [-0.05, 0) is 53.9 Å². The minimum absolute atomic E-state index is 0.326. The van der Waals surface area contributed by atoms with E-state index in [1.807, 2.05) is 24.3 Å². The Labute approximate surface area is 236 Å². The molecule has 0 saturated carbocycles. The van der Waals surface area contributed by atoms with Crippen molar-refractivity contribution in [3.63, 3.8) is 0 Å². The standard InChI is InChI=1S/C18H15N3O3.C11H14ClN3O/c19-17-15-10-13(7-6-12(15)8-9-20-17)18(24)21(11-16(22)23)14-4-2-1-3-5-14;12-9-2-1-3-10(8-9)14-4-6-15(7-5-14)11(13)16/h1-10H,11H2,(H2,19,20)(H,22,23);1-3,8H,4-7H2,(H2,13,16). The van der Waals surface area contributed by atoms with E-state index in [0.29, 0.717) is 35.5 Å². The quantitative estimate of drug-likeness (QED) is 0.333. The zero-order chi connectivity index (χ0) is 28.6. The molecule has 0 atom stereocenters. The smallest absolute Gasteiger partial charge is 0.323 e. The van der Waals surface area contributed by atoms with Crippen molar-refractivity contribution < 1.29 is 19.5 Å². The number of anilines is 3. The normalized spacial score (nSPS) is 12.8. The number of para-hydroxylation sites is 1. The number of carbonyl (C=O) groups is 3. The summed E-state index contributed by atoms with van der Waals surface area (Å²) in [4.78, 5) is 44.0. The van der Waals surface area contributed by atoms with Crippen molar-refractivity contribution in [2.75, 3.05) is 48.3 Å². The number of piperazine rings is 1. The summed E-state index contributed by atoms with van der Waals surface area (Å²) >= 11 is 5.93. The van der Waals surface area contributed by atoms with Gasteiger partial charge < -0.3 is 26.4 Å². The number of nitrogen functional groups attached to an aromatic ring is 1. The van der Waals surface area contributed by atoms with Gasteiger partial charge in [-0.25, -0.2) is 9.78 Å². The molecule has 0 spiro atoms. The Morgan fingerprint density at radius 2 is 1.65 bits per heavy atom. The second kappa shape index (κ2) is 12.8. The van der Waals surface area contributed by atoms with Crippen molar-refractivity contribution in [2.45, 2.75) is 0 Å². The van der Waals surface area contributed by atoms with Gasteiger partial charge in [-0.2, -0.15) is 0 Å². The topological polar surface area (TPSA) is 146 Å². The summed E-state index contributed by atoms with van der Waals surface area (Å²) in [6.45, 7) is 2.50. The number of urea groups is 1. The van der Waals surface area contributed by atoms with Gasteiger partial charge in [-0.3, -0.25) is 14.5 Å². The number of aromatic nitrogens is 1. The van der Waals surface area contributed by atoms with Gasteiger partial charge in [0.25, 0.3) is 5.91 Å². The lowest BCUT2D eigenvalue weighted by atomic mass is 10.1. The van der Waals surface area contributed by atoms with Crippen LogP contribution in [-0.4, -0.2) is 65.6 Å². The number of amides is 3. The summed E-state index contributed by atoms with van der Waals surface area (Å²) in [6, 6.07) is 22.9. The average Bonchev–Trinajstić information content (AvgIpc) is 2.96. The van der Waals surface area contributed by atoms with Crippen LogP contribution in [0.5, 0.6) is 0 Å². The Morgan fingerprint density at radius 3 is 2.30 bits per heavy atom. The van der Waals surface area contributed by atoms with Gasteiger partial charge in [0, 0.05) is 59.7 Å². The van der Waals surface area contributed by atoms with E-state index in [-0.39, 0.29) is 6.03 Å². The molecule has 0 bridgehead atoms. The van der Waals surface area contributed by atoms with Crippen LogP contribution in [-0.2, 0) is 4.79 Å². The number of fused-ring (bicyclic) bond motifs is 1. The van der Waals surface area contributed by atoms with Crippen molar-refractivity contribution in [3.8, 4) is 0 Å². The van der Waals surface area contributed by atoms with E-state index in [0.717, 1.165) is 29.2 Å². The number of carboxylic acids is 1. The lowest BCUT2D eigenvalue weighted by Gasteiger charge is -2.35. The molecule has 2 heterocycles. The molecular weight excluding hydrogens is 532 g/mol. The van der Waals surface area contributed by atoms with Crippen LogP contribution < -0.4 is 21.3 Å². The number of halogens is 1. The first-order valence-electron chi connectivity index (χ1n) is 12.5. The molecule has 1 saturated heterocycles. The Hall–Kier alpha value is -4.83. The van der Waals surface area contributed by atoms with Gasteiger partial charge >= 0.3 is 12.0 Å². The van der Waals surface area contributed by atoms with Crippen LogP contribution in [0.1, 0.15) is 10.4 Å². The maximum absolute atomic E-state index is 12.8. The number of carbonyl (C=O) groups excluding carboxylic acids is 2. The van der Waals surface area contributed by atoms with E-state index in [9.17, 15) is 14.4 Å². The molecule has 5 rings (SSSR count). The molecule has 1 aliphatic rings. The second-order valence-corrected chi connectivity index (χ2v) is 9.48. The summed E-state index contributed by atoms with van der Waals surface area (Å²) in [6.07, 6.45) is 1.60. The zero-order valence-electron chi connectivity index (χ0n) is 21.6. The third kappa shape index (κ3) is 6.97. The Bertz CT molecular complexity index is 1510. The van der Waals surface area contributed by atoms with Gasteiger partial charge in [0.1, 0.15) is 12.4 Å². The number of hydrogen-bond donors (Lipinski definition) is 3. The minimum Gasteiger partial charge on any atom is -0.480 e. The molecule has 5 N–H and O–H groups in total. The van der Waals surface area contributed by atoms with Crippen molar-refractivity contribution in [1.29, 1.82) is 0 Å². The van der Waals surface area contributed by atoms with Gasteiger partial charge in [-0.1, -0.05) is 41.9 Å². The number of hydrogen-bond acceptors (Lipinski definition) is 6. The van der Waals surface area contributed by atoms with Crippen LogP contribution in [0.3, 0.4) is 0 Å². The number of benzene rings is 3. The number of pyridine rings is 1. The molecule has 4 aromatic rings. The molecule has 1 aromatic heterocycles. The molecule has 3 amide bonds. The van der Waals surface area contributed by atoms with E-state index < -0.39 is 18.4 Å². The largest absolute Gasteiger partial charge is 0.480 e. The molecule has 40 heavy (non-hydrogen) atoms. The fourth-order valence-electron chi connectivity index (χ4n) is 4.36. The number of rotatable bonds is 5. The Kier molecular flexibility index (Phi) is 9.03. The zero-order valence-corrected chi connectivity index (χ0v) is 22.4. The first-order chi connectivity index (χ1) is 19.2. The fraction of sp³-hybridized carbons (Fsp3) is 0.172. The van der Waals surface area contributed by atoms with Crippen LogP contribution in [0, 0.1) is 0 Å². The van der Waals surface area contributed by atoms with Gasteiger partial charge in [0.2, 0.25) is 0 Å². The SMILES string of the molecule is NC(=O)N1CCN(c2cccc(Cl)c2)CC1.Nc1nccc2ccc(C(=O)N(CC(=O)O)c3ccccc3)cc12. The van der Waals surface area contributed by atoms with Gasteiger partial charge in [0.05, 0.1) is 0 Å². The molecule has 11 heteroatoms. The average molecular weight is 561 g/mol.